The fourth-order valence-electron chi connectivity index (χ4n) is 1.04. The van der Waals surface area contributed by atoms with Crippen LogP contribution in [0.25, 0.3) is 0 Å². The largest absolute Gasteiger partial charge is 0.416 e. The van der Waals surface area contributed by atoms with E-state index in [0.29, 0.717) is 6.29 Å². The van der Waals surface area contributed by atoms with Crippen molar-refractivity contribution in [2.75, 3.05) is 5.73 Å². The van der Waals surface area contributed by atoms with Crippen molar-refractivity contribution in [3.63, 3.8) is 0 Å². The zero-order valence-corrected chi connectivity index (χ0v) is 8.14. The summed E-state index contributed by atoms with van der Waals surface area (Å²) in [6, 6.07) is 2.92. The summed E-state index contributed by atoms with van der Waals surface area (Å²) in [6.45, 7) is 0. The number of nitrogens with two attached hydrogens (primary N) is 1. The molecule has 0 radical (unpaired) electrons. The zero-order chi connectivity index (χ0) is 12.2. The maximum absolute atomic E-state index is 12.3. The van der Waals surface area contributed by atoms with E-state index in [1.165, 1.54) is 6.07 Å². The summed E-state index contributed by atoms with van der Waals surface area (Å²) >= 11 is 0. The molecule has 5 heteroatoms. The fourth-order valence-corrected chi connectivity index (χ4v) is 1.04. The molecule has 1 aromatic carbocycles. The normalized spacial score (nSPS) is 10.4. The Balaban J connectivity index is 3.02. The Morgan fingerprint density at radius 1 is 1.38 bits per heavy atom. The van der Waals surface area contributed by atoms with Crippen LogP contribution in [0.1, 0.15) is 17.5 Å². The topological polar surface area (TPSA) is 43.1 Å². The van der Waals surface area contributed by atoms with Gasteiger partial charge >= 0.3 is 6.18 Å². The Morgan fingerprint density at radius 2 is 2.06 bits per heavy atom. The van der Waals surface area contributed by atoms with E-state index in [1.807, 2.05) is 0 Å². The van der Waals surface area contributed by atoms with Crippen LogP contribution in [0.2, 0.25) is 0 Å². The van der Waals surface area contributed by atoms with E-state index in [-0.39, 0.29) is 17.7 Å². The maximum atomic E-state index is 12.3. The fraction of sp³-hybridized carbons (Fsp3) is 0.182. The van der Waals surface area contributed by atoms with Crippen LogP contribution >= 0.6 is 0 Å². The molecule has 0 aliphatic heterocycles. The molecule has 84 valence electrons. The van der Waals surface area contributed by atoms with Gasteiger partial charge in [0.1, 0.15) is 6.29 Å². The van der Waals surface area contributed by atoms with Gasteiger partial charge < -0.3 is 10.5 Å². The van der Waals surface area contributed by atoms with E-state index in [2.05, 4.69) is 11.8 Å². The molecule has 0 amide bonds. The zero-order valence-electron chi connectivity index (χ0n) is 8.14. The number of halogens is 3. The molecule has 2 N–H and O–H groups in total. The highest BCUT2D eigenvalue weighted by Crippen LogP contribution is 2.31. The number of aldehydes is 1. The highest BCUT2D eigenvalue weighted by molar-refractivity contribution is 5.60. The molecule has 1 aromatic rings. The quantitative estimate of drug-likeness (QED) is 0.454. The van der Waals surface area contributed by atoms with Crippen LogP contribution in [0.5, 0.6) is 0 Å². The average Bonchev–Trinajstić information content (AvgIpc) is 2.19. The van der Waals surface area contributed by atoms with E-state index in [0.717, 1.165) is 12.1 Å². The van der Waals surface area contributed by atoms with Gasteiger partial charge in [0, 0.05) is 11.3 Å². The first-order chi connectivity index (χ1) is 7.45. The Morgan fingerprint density at radius 3 is 2.56 bits per heavy atom. The first-order valence-corrected chi connectivity index (χ1v) is 4.34. The van der Waals surface area contributed by atoms with Gasteiger partial charge in [-0.15, -0.1) is 0 Å². The van der Waals surface area contributed by atoms with E-state index in [9.17, 15) is 18.0 Å². The number of carbonyl (C=O) groups is 1. The van der Waals surface area contributed by atoms with Gasteiger partial charge in [0.15, 0.2) is 0 Å². The Bertz CT molecular complexity index is 455. The highest BCUT2D eigenvalue weighted by Gasteiger charge is 2.30. The molecule has 16 heavy (non-hydrogen) atoms. The van der Waals surface area contributed by atoms with Crippen molar-refractivity contribution in [2.45, 2.75) is 12.6 Å². The van der Waals surface area contributed by atoms with Crippen LogP contribution in [0.15, 0.2) is 18.2 Å². The molecule has 0 unspecified atom stereocenters. The van der Waals surface area contributed by atoms with Crippen molar-refractivity contribution in [1.82, 2.24) is 0 Å². The molecule has 0 aliphatic carbocycles. The van der Waals surface area contributed by atoms with Gasteiger partial charge in [-0.2, -0.15) is 13.2 Å². The van der Waals surface area contributed by atoms with Crippen LogP contribution in [-0.2, 0) is 11.0 Å². The van der Waals surface area contributed by atoms with Crippen molar-refractivity contribution in [3.05, 3.63) is 29.3 Å². The SMILES string of the molecule is Nc1cc(C(F)(F)F)ccc1C#CCC=O. The molecule has 0 aromatic heterocycles. The van der Waals surface area contributed by atoms with Crippen molar-refractivity contribution in [1.29, 1.82) is 0 Å². The third-order valence-electron chi connectivity index (χ3n) is 1.79. The standard InChI is InChI=1S/C11H8F3NO/c12-11(13,14)9-5-4-8(10(15)7-9)3-1-2-6-16/h4-7H,2,15H2. The summed E-state index contributed by atoms with van der Waals surface area (Å²) in [7, 11) is 0. The van der Waals surface area contributed by atoms with E-state index >= 15 is 0 Å². The summed E-state index contributed by atoms with van der Waals surface area (Å²) in [5, 5.41) is 0. The number of hydrogen-bond acceptors (Lipinski definition) is 2. The van der Waals surface area contributed by atoms with Crippen molar-refractivity contribution in [3.8, 4) is 11.8 Å². The molecular formula is C11H8F3NO. The lowest BCUT2D eigenvalue weighted by Gasteiger charge is -2.07. The lowest BCUT2D eigenvalue weighted by Crippen LogP contribution is -2.06. The summed E-state index contributed by atoms with van der Waals surface area (Å²) in [5.74, 6) is 4.99. The third kappa shape index (κ3) is 3.02. The first kappa shape index (κ1) is 12.1. The minimum absolute atomic E-state index is 0.0282. The van der Waals surface area contributed by atoms with Gasteiger partial charge in [0.2, 0.25) is 0 Å². The number of carbonyl (C=O) groups excluding carboxylic acids is 1. The summed E-state index contributed by atoms with van der Waals surface area (Å²) in [4.78, 5) is 9.98. The summed E-state index contributed by atoms with van der Waals surface area (Å²) < 4.78 is 36.8. The molecule has 0 bridgehead atoms. The smallest absolute Gasteiger partial charge is 0.398 e. The van der Waals surface area contributed by atoms with Crippen molar-refractivity contribution >= 4 is 12.0 Å². The molecule has 0 atom stereocenters. The number of anilines is 1. The predicted molar refractivity (Wildman–Crippen MR) is 53.4 cm³/mol. The Hall–Kier alpha value is -1.96. The molecule has 0 saturated carbocycles. The number of alkyl halides is 3. The van der Waals surface area contributed by atoms with Crippen molar-refractivity contribution in [2.24, 2.45) is 0 Å². The molecule has 1 rings (SSSR count). The van der Waals surface area contributed by atoms with Crippen LogP contribution in [0, 0.1) is 11.8 Å². The van der Waals surface area contributed by atoms with Gasteiger partial charge in [-0.25, -0.2) is 0 Å². The summed E-state index contributed by atoms with van der Waals surface area (Å²) in [6.07, 6.45) is -3.78. The maximum Gasteiger partial charge on any atom is 0.416 e. The third-order valence-corrected chi connectivity index (χ3v) is 1.79. The van der Waals surface area contributed by atoms with Gasteiger partial charge in [-0.3, -0.25) is 0 Å². The molecule has 0 saturated heterocycles. The van der Waals surface area contributed by atoms with Gasteiger partial charge in [0.25, 0.3) is 0 Å². The van der Waals surface area contributed by atoms with Crippen LogP contribution in [0.3, 0.4) is 0 Å². The van der Waals surface area contributed by atoms with E-state index in [4.69, 9.17) is 5.73 Å². The van der Waals surface area contributed by atoms with E-state index < -0.39 is 11.7 Å². The predicted octanol–water partition coefficient (Wildman–Crippen LogP) is 2.23. The van der Waals surface area contributed by atoms with Gasteiger partial charge in [-0.1, -0.05) is 11.8 Å². The second kappa shape index (κ2) is 4.71. The number of nitrogen functional groups attached to an aromatic ring is 1. The lowest BCUT2D eigenvalue weighted by molar-refractivity contribution is -0.137. The number of rotatable bonds is 1. The van der Waals surface area contributed by atoms with Crippen LogP contribution in [0.4, 0.5) is 18.9 Å². The number of benzene rings is 1. The summed E-state index contributed by atoms with van der Waals surface area (Å²) in [5.41, 5.74) is 4.83. The molecule has 2 nitrogen and oxygen atoms in total. The lowest BCUT2D eigenvalue weighted by atomic mass is 10.1. The Labute approximate surface area is 90.3 Å². The van der Waals surface area contributed by atoms with Crippen molar-refractivity contribution < 1.29 is 18.0 Å². The van der Waals surface area contributed by atoms with Crippen LogP contribution < -0.4 is 5.73 Å². The van der Waals surface area contributed by atoms with Gasteiger partial charge in [0.05, 0.1) is 12.0 Å². The van der Waals surface area contributed by atoms with Gasteiger partial charge in [-0.05, 0) is 18.2 Å². The molecule has 0 spiro atoms. The molecule has 0 fully saturated rings. The molecular weight excluding hydrogens is 219 g/mol. The second-order valence-corrected chi connectivity index (χ2v) is 2.97. The minimum Gasteiger partial charge on any atom is -0.398 e. The first-order valence-electron chi connectivity index (χ1n) is 4.34. The minimum atomic E-state index is -4.41. The highest BCUT2D eigenvalue weighted by atomic mass is 19.4. The molecule has 0 heterocycles. The number of hydrogen-bond donors (Lipinski definition) is 1. The Kier molecular flexibility index (Phi) is 3.56. The van der Waals surface area contributed by atoms with E-state index in [1.54, 1.807) is 0 Å². The van der Waals surface area contributed by atoms with Crippen LogP contribution in [-0.4, -0.2) is 6.29 Å². The average molecular weight is 227 g/mol. The molecule has 0 aliphatic rings. The monoisotopic (exact) mass is 227 g/mol. The second-order valence-electron chi connectivity index (χ2n) is 2.97.